The van der Waals surface area contributed by atoms with Crippen LogP contribution in [0.4, 0.5) is 5.69 Å². The minimum atomic E-state index is -0.457. The summed E-state index contributed by atoms with van der Waals surface area (Å²) in [5.41, 5.74) is 4.13. The van der Waals surface area contributed by atoms with E-state index < -0.39 is 4.92 Å². The lowest BCUT2D eigenvalue weighted by atomic mass is 10.1. The molecule has 3 aromatic carbocycles. The molecule has 0 aliphatic rings. The first-order chi connectivity index (χ1) is 13.7. The number of rotatable bonds is 5. The van der Waals surface area contributed by atoms with E-state index in [0.717, 1.165) is 22.5 Å². The molecule has 0 radical (unpaired) electrons. The summed E-state index contributed by atoms with van der Waals surface area (Å²) in [5, 5.41) is 11.4. The quantitative estimate of drug-likeness (QED) is 0.380. The van der Waals surface area contributed by atoms with Crippen LogP contribution in [0.25, 0.3) is 33.9 Å². The molecule has 0 spiro atoms. The number of ether oxygens (including phenoxy) is 1. The first kappa shape index (κ1) is 17.5. The van der Waals surface area contributed by atoms with Crippen LogP contribution in [0.1, 0.15) is 0 Å². The lowest BCUT2D eigenvalue weighted by molar-refractivity contribution is -0.385. The van der Waals surface area contributed by atoms with Gasteiger partial charge in [0.05, 0.1) is 23.4 Å². The van der Waals surface area contributed by atoms with Gasteiger partial charge in [-0.2, -0.15) is 0 Å². The predicted octanol–water partition coefficient (Wildman–Crippen LogP) is 5.33. The molecule has 0 fully saturated rings. The monoisotopic (exact) mass is 371 g/mol. The molecule has 0 bridgehead atoms. The highest BCUT2D eigenvalue weighted by Crippen LogP contribution is 2.35. The number of hydrogen-bond donors (Lipinski definition) is 1. The van der Waals surface area contributed by atoms with Crippen LogP contribution in [0.5, 0.6) is 5.75 Å². The van der Waals surface area contributed by atoms with Crippen molar-refractivity contribution in [1.29, 1.82) is 0 Å². The van der Waals surface area contributed by atoms with E-state index in [1.165, 1.54) is 13.2 Å². The van der Waals surface area contributed by atoms with Gasteiger partial charge in [-0.3, -0.25) is 10.1 Å². The molecule has 0 amide bonds. The van der Waals surface area contributed by atoms with Gasteiger partial charge in [0.25, 0.3) is 0 Å². The van der Waals surface area contributed by atoms with Crippen LogP contribution in [-0.2, 0) is 0 Å². The van der Waals surface area contributed by atoms with Gasteiger partial charge in [0.1, 0.15) is 5.82 Å². The molecule has 6 heteroatoms. The fourth-order valence-corrected chi connectivity index (χ4v) is 3.11. The molecule has 1 N–H and O–H groups in total. The van der Waals surface area contributed by atoms with E-state index in [-0.39, 0.29) is 11.4 Å². The molecule has 0 atom stereocenters. The normalized spacial score (nSPS) is 10.6. The molecule has 0 aliphatic carbocycles. The molecule has 0 aliphatic heterocycles. The molecule has 138 valence electrons. The highest BCUT2D eigenvalue weighted by atomic mass is 16.6. The van der Waals surface area contributed by atoms with E-state index in [4.69, 9.17) is 9.72 Å². The summed E-state index contributed by atoms with van der Waals surface area (Å²) in [5.74, 6) is 0.773. The van der Waals surface area contributed by atoms with Crippen LogP contribution < -0.4 is 4.74 Å². The Labute approximate surface area is 161 Å². The van der Waals surface area contributed by atoms with Crippen LogP contribution in [0.3, 0.4) is 0 Å². The highest BCUT2D eigenvalue weighted by molar-refractivity contribution is 5.81. The second kappa shape index (κ2) is 7.36. The molecule has 0 saturated carbocycles. The maximum atomic E-state index is 11.4. The van der Waals surface area contributed by atoms with Crippen molar-refractivity contribution in [2.24, 2.45) is 0 Å². The topological polar surface area (TPSA) is 81.0 Å². The number of H-pyrrole nitrogens is 1. The summed E-state index contributed by atoms with van der Waals surface area (Å²) >= 11 is 0. The van der Waals surface area contributed by atoms with Crippen LogP contribution in [-0.4, -0.2) is 22.0 Å². The molecule has 6 nitrogen and oxygen atoms in total. The van der Waals surface area contributed by atoms with E-state index in [2.05, 4.69) is 4.98 Å². The third kappa shape index (κ3) is 3.23. The van der Waals surface area contributed by atoms with Gasteiger partial charge in [0, 0.05) is 22.8 Å². The van der Waals surface area contributed by atoms with E-state index >= 15 is 0 Å². The van der Waals surface area contributed by atoms with Crippen LogP contribution in [0, 0.1) is 10.1 Å². The Hall–Kier alpha value is -3.93. The zero-order chi connectivity index (χ0) is 19.5. The molecule has 28 heavy (non-hydrogen) atoms. The Kier molecular flexibility index (Phi) is 4.60. The van der Waals surface area contributed by atoms with Gasteiger partial charge in [0.2, 0.25) is 0 Å². The van der Waals surface area contributed by atoms with Crippen molar-refractivity contribution in [2.45, 2.75) is 0 Å². The number of nitro groups is 1. The minimum absolute atomic E-state index is 0.0982. The van der Waals surface area contributed by atoms with E-state index in [9.17, 15) is 10.1 Å². The van der Waals surface area contributed by atoms with Gasteiger partial charge >= 0.3 is 5.69 Å². The Balaban J connectivity index is 1.89. The summed E-state index contributed by atoms with van der Waals surface area (Å²) in [6.07, 6.45) is 0. The fraction of sp³-hybridized carbons (Fsp3) is 0.0455. The van der Waals surface area contributed by atoms with Crippen molar-refractivity contribution < 1.29 is 9.66 Å². The minimum Gasteiger partial charge on any atom is -0.490 e. The van der Waals surface area contributed by atoms with E-state index in [1.54, 1.807) is 12.1 Å². The SMILES string of the molecule is COc1ccc(-c2nc(-c3ccccc3)c(-c3ccccc3)[nH]2)cc1[N+](=O)[O-]. The first-order valence-electron chi connectivity index (χ1n) is 8.71. The van der Waals surface area contributed by atoms with E-state index in [0.29, 0.717) is 11.4 Å². The summed E-state index contributed by atoms with van der Waals surface area (Å²) in [6, 6.07) is 24.5. The number of benzene rings is 3. The third-order valence-electron chi connectivity index (χ3n) is 4.46. The lowest BCUT2D eigenvalue weighted by Crippen LogP contribution is -1.94. The molecule has 4 rings (SSSR count). The molecule has 0 unspecified atom stereocenters. The number of nitrogens with one attached hydrogen (secondary N) is 1. The highest BCUT2D eigenvalue weighted by Gasteiger charge is 2.19. The molecule has 4 aromatic rings. The number of aromatic nitrogens is 2. The van der Waals surface area contributed by atoms with Crippen molar-refractivity contribution in [3.8, 4) is 39.7 Å². The Morgan fingerprint density at radius 2 is 1.54 bits per heavy atom. The van der Waals surface area contributed by atoms with Gasteiger partial charge in [-0.15, -0.1) is 0 Å². The molecule has 1 heterocycles. The van der Waals surface area contributed by atoms with Crippen molar-refractivity contribution in [3.05, 3.63) is 89.0 Å². The molecular formula is C22H17N3O3. The largest absolute Gasteiger partial charge is 0.490 e. The predicted molar refractivity (Wildman–Crippen MR) is 108 cm³/mol. The van der Waals surface area contributed by atoms with Gasteiger partial charge in [-0.05, 0) is 12.1 Å². The zero-order valence-corrected chi connectivity index (χ0v) is 15.1. The van der Waals surface area contributed by atoms with Crippen molar-refractivity contribution in [3.63, 3.8) is 0 Å². The van der Waals surface area contributed by atoms with Gasteiger partial charge in [-0.25, -0.2) is 4.98 Å². The van der Waals surface area contributed by atoms with Crippen LogP contribution in [0.2, 0.25) is 0 Å². The number of imidazole rings is 1. The standard InChI is InChI=1S/C22H17N3O3/c1-28-19-13-12-17(14-18(19)25(26)27)22-23-20(15-8-4-2-5-9-15)21(24-22)16-10-6-3-7-11-16/h2-14H,1H3,(H,23,24). The Bertz CT molecular complexity index is 1070. The average molecular weight is 371 g/mol. The number of nitro benzene ring substituents is 1. The van der Waals surface area contributed by atoms with E-state index in [1.807, 2.05) is 60.7 Å². The number of nitrogens with zero attached hydrogens (tertiary/aromatic N) is 2. The van der Waals surface area contributed by atoms with Crippen LogP contribution >= 0.6 is 0 Å². The number of methoxy groups -OCH3 is 1. The van der Waals surface area contributed by atoms with Gasteiger partial charge in [0.15, 0.2) is 5.75 Å². The fourth-order valence-electron chi connectivity index (χ4n) is 3.11. The van der Waals surface area contributed by atoms with Crippen molar-refractivity contribution >= 4 is 5.69 Å². The zero-order valence-electron chi connectivity index (χ0n) is 15.1. The Morgan fingerprint density at radius 1 is 0.893 bits per heavy atom. The lowest BCUT2D eigenvalue weighted by Gasteiger charge is -2.03. The summed E-state index contributed by atoms with van der Waals surface area (Å²) in [7, 11) is 1.41. The molecular weight excluding hydrogens is 354 g/mol. The summed E-state index contributed by atoms with van der Waals surface area (Å²) in [4.78, 5) is 19.0. The molecule has 0 saturated heterocycles. The maximum absolute atomic E-state index is 11.4. The van der Waals surface area contributed by atoms with Crippen LogP contribution in [0.15, 0.2) is 78.9 Å². The number of aromatic amines is 1. The second-order valence-corrected chi connectivity index (χ2v) is 6.18. The first-order valence-corrected chi connectivity index (χ1v) is 8.71. The molecule has 1 aromatic heterocycles. The van der Waals surface area contributed by atoms with Gasteiger partial charge in [-0.1, -0.05) is 60.7 Å². The smallest absolute Gasteiger partial charge is 0.311 e. The summed E-state index contributed by atoms with van der Waals surface area (Å²) in [6.45, 7) is 0. The van der Waals surface area contributed by atoms with Crippen molar-refractivity contribution in [1.82, 2.24) is 9.97 Å². The van der Waals surface area contributed by atoms with Gasteiger partial charge < -0.3 is 9.72 Å². The number of hydrogen-bond acceptors (Lipinski definition) is 4. The average Bonchev–Trinajstić information content (AvgIpc) is 3.20. The Morgan fingerprint density at radius 3 is 2.14 bits per heavy atom. The third-order valence-corrected chi connectivity index (χ3v) is 4.46. The maximum Gasteiger partial charge on any atom is 0.311 e. The summed E-state index contributed by atoms with van der Waals surface area (Å²) < 4.78 is 5.09. The second-order valence-electron chi connectivity index (χ2n) is 6.18. The van der Waals surface area contributed by atoms with Crippen molar-refractivity contribution in [2.75, 3.05) is 7.11 Å².